The summed E-state index contributed by atoms with van der Waals surface area (Å²) in [5.41, 5.74) is 1.57. The number of amides is 1. The number of para-hydroxylation sites is 1. The zero-order valence-electron chi connectivity index (χ0n) is 14.4. The van der Waals surface area contributed by atoms with Crippen LogP contribution in [0.1, 0.15) is 44.0 Å². The highest BCUT2D eigenvalue weighted by atomic mass is 16.3. The number of hydrogen-bond donors (Lipinski definition) is 3. The molecule has 0 atom stereocenters. The Hall–Kier alpha value is -2.08. The predicted octanol–water partition coefficient (Wildman–Crippen LogP) is 1.88. The van der Waals surface area contributed by atoms with Crippen LogP contribution < -0.4 is 11.0 Å². The van der Waals surface area contributed by atoms with Crippen LogP contribution in [0.2, 0.25) is 0 Å². The van der Waals surface area contributed by atoms with Gasteiger partial charge in [-0.15, -0.1) is 0 Å². The lowest BCUT2D eigenvalue weighted by molar-refractivity contribution is 0.0420. The van der Waals surface area contributed by atoms with Crippen molar-refractivity contribution in [3.8, 4) is 0 Å². The number of aliphatic hydroxyl groups is 1. The molecule has 0 aliphatic heterocycles. The van der Waals surface area contributed by atoms with E-state index in [1.54, 1.807) is 16.7 Å². The minimum Gasteiger partial charge on any atom is -0.393 e. The molecular weight excluding hydrogens is 306 g/mol. The number of fused-ring (bicyclic) bond motifs is 1. The first kappa shape index (κ1) is 16.8. The van der Waals surface area contributed by atoms with Gasteiger partial charge >= 0.3 is 5.69 Å². The van der Waals surface area contributed by atoms with Crippen LogP contribution in [0.5, 0.6) is 0 Å². The van der Waals surface area contributed by atoms with Gasteiger partial charge in [-0.25, -0.2) is 4.79 Å². The van der Waals surface area contributed by atoms with Gasteiger partial charge < -0.3 is 15.4 Å². The molecule has 3 N–H and O–H groups in total. The van der Waals surface area contributed by atoms with E-state index < -0.39 is 0 Å². The third-order valence-corrected chi connectivity index (χ3v) is 4.43. The molecule has 1 amide bonds. The summed E-state index contributed by atoms with van der Waals surface area (Å²) in [6.45, 7) is 7.26. The summed E-state index contributed by atoms with van der Waals surface area (Å²) in [7, 11) is 0. The maximum Gasteiger partial charge on any atom is 0.326 e. The second-order valence-corrected chi connectivity index (χ2v) is 7.98. The van der Waals surface area contributed by atoms with Gasteiger partial charge in [0.25, 0.3) is 5.91 Å². The standard InChI is InChI=1S/C18H25N3O3/c1-18(2,3)10-21-15-13(5-4-6-14(15)20-17(21)24)16(23)19-9-11-7-12(22)8-11/h4-6,11-12,22H,7-10H2,1-3H3,(H,19,23)(H,20,24). The van der Waals surface area contributed by atoms with Gasteiger partial charge in [0.2, 0.25) is 0 Å². The van der Waals surface area contributed by atoms with E-state index in [4.69, 9.17) is 0 Å². The molecule has 6 heteroatoms. The van der Waals surface area contributed by atoms with E-state index in [1.165, 1.54) is 0 Å². The van der Waals surface area contributed by atoms with Crippen molar-refractivity contribution in [2.45, 2.75) is 46.3 Å². The highest BCUT2D eigenvalue weighted by Crippen LogP contribution is 2.26. The van der Waals surface area contributed by atoms with Crippen LogP contribution in [0.4, 0.5) is 0 Å². The van der Waals surface area contributed by atoms with E-state index in [-0.39, 0.29) is 23.1 Å². The smallest absolute Gasteiger partial charge is 0.326 e. The molecule has 1 fully saturated rings. The van der Waals surface area contributed by atoms with Crippen LogP contribution in [0, 0.1) is 11.3 Å². The summed E-state index contributed by atoms with van der Waals surface area (Å²) in [4.78, 5) is 27.7. The summed E-state index contributed by atoms with van der Waals surface area (Å²) in [6.07, 6.45) is 1.25. The molecule has 3 rings (SSSR count). The SMILES string of the molecule is CC(C)(C)Cn1c(=O)[nH]c2cccc(C(=O)NCC3CC(O)C3)c21. The van der Waals surface area contributed by atoms with Crippen molar-refractivity contribution in [3.05, 3.63) is 34.2 Å². The molecule has 2 aromatic rings. The van der Waals surface area contributed by atoms with Crippen molar-refractivity contribution in [3.63, 3.8) is 0 Å². The van der Waals surface area contributed by atoms with Crippen LogP contribution in [0.25, 0.3) is 11.0 Å². The molecule has 1 aromatic carbocycles. The quantitative estimate of drug-likeness (QED) is 0.799. The van der Waals surface area contributed by atoms with Gasteiger partial charge in [-0.05, 0) is 36.3 Å². The third-order valence-electron chi connectivity index (χ3n) is 4.43. The van der Waals surface area contributed by atoms with Gasteiger partial charge in [0.05, 0.1) is 22.7 Å². The van der Waals surface area contributed by atoms with Gasteiger partial charge in [0.1, 0.15) is 0 Å². The van der Waals surface area contributed by atoms with Crippen molar-refractivity contribution in [1.82, 2.24) is 14.9 Å². The molecule has 0 unspecified atom stereocenters. The van der Waals surface area contributed by atoms with Crippen molar-refractivity contribution >= 4 is 16.9 Å². The molecule has 24 heavy (non-hydrogen) atoms. The Labute approximate surface area is 140 Å². The zero-order valence-corrected chi connectivity index (χ0v) is 14.4. The van der Waals surface area contributed by atoms with Crippen molar-refractivity contribution < 1.29 is 9.90 Å². The number of H-pyrrole nitrogens is 1. The predicted molar refractivity (Wildman–Crippen MR) is 93.1 cm³/mol. The van der Waals surface area contributed by atoms with Crippen LogP contribution in [-0.4, -0.2) is 33.2 Å². The number of aliphatic hydroxyl groups excluding tert-OH is 1. The lowest BCUT2D eigenvalue weighted by Gasteiger charge is -2.31. The fraction of sp³-hybridized carbons (Fsp3) is 0.556. The van der Waals surface area contributed by atoms with Crippen LogP contribution in [0.3, 0.4) is 0 Å². The van der Waals surface area contributed by atoms with E-state index in [2.05, 4.69) is 31.1 Å². The fourth-order valence-corrected chi connectivity index (χ4v) is 3.23. The monoisotopic (exact) mass is 331 g/mol. The number of aromatic amines is 1. The van der Waals surface area contributed by atoms with Gasteiger partial charge in [-0.2, -0.15) is 0 Å². The summed E-state index contributed by atoms with van der Waals surface area (Å²) in [5, 5.41) is 12.3. The number of nitrogens with zero attached hydrogens (tertiary/aromatic N) is 1. The van der Waals surface area contributed by atoms with Crippen LogP contribution in [0.15, 0.2) is 23.0 Å². The molecule has 0 saturated heterocycles. The molecule has 0 radical (unpaired) electrons. The number of nitrogens with one attached hydrogen (secondary N) is 2. The Kier molecular flexibility index (Phi) is 4.25. The molecule has 6 nitrogen and oxygen atoms in total. The van der Waals surface area contributed by atoms with E-state index in [1.807, 2.05) is 6.07 Å². The van der Waals surface area contributed by atoms with Crippen molar-refractivity contribution in [1.29, 1.82) is 0 Å². The Morgan fingerprint density at radius 3 is 2.71 bits per heavy atom. The number of carbonyl (C=O) groups is 1. The number of benzene rings is 1. The summed E-state index contributed by atoms with van der Waals surface area (Å²) in [5.74, 6) is 0.162. The second-order valence-electron chi connectivity index (χ2n) is 7.98. The normalized spacial score (nSPS) is 20.8. The Morgan fingerprint density at radius 2 is 2.08 bits per heavy atom. The first-order valence-corrected chi connectivity index (χ1v) is 8.42. The van der Waals surface area contributed by atoms with Gasteiger partial charge in [0.15, 0.2) is 0 Å². The number of rotatable bonds is 4. The Bertz CT molecular complexity index is 807. The molecule has 1 aliphatic carbocycles. The van der Waals surface area contributed by atoms with Gasteiger partial charge in [0, 0.05) is 13.1 Å². The number of carbonyl (C=O) groups excluding carboxylic acids is 1. The molecule has 0 spiro atoms. The van der Waals surface area contributed by atoms with E-state index in [0.29, 0.717) is 35.6 Å². The van der Waals surface area contributed by atoms with E-state index in [9.17, 15) is 14.7 Å². The minimum absolute atomic E-state index is 0.0788. The fourth-order valence-electron chi connectivity index (χ4n) is 3.23. The number of imidazole rings is 1. The average molecular weight is 331 g/mol. The van der Waals surface area contributed by atoms with Crippen molar-refractivity contribution in [2.75, 3.05) is 6.54 Å². The largest absolute Gasteiger partial charge is 0.393 e. The third kappa shape index (κ3) is 3.38. The Morgan fingerprint density at radius 1 is 1.38 bits per heavy atom. The first-order valence-electron chi connectivity index (χ1n) is 8.42. The van der Waals surface area contributed by atoms with Gasteiger partial charge in [-0.1, -0.05) is 26.8 Å². The first-order chi connectivity index (χ1) is 11.2. The molecule has 0 bridgehead atoms. The number of aromatic nitrogens is 2. The highest BCUT2D eigenvalue weighted by Gasteiger charge is 2.28. The van der Waals surface area contributed by atoms with E-state index in [0.717, 1.165) is 12.8 Å². The lowest BCUT2D eigenvalue weighted by Crippen LogP contribution is -2.38. The lowest BCUT2D eigenvalue weighted by atomic mass is 9.82. The summed E-state index contributed by atoms with van der Waals surface area (Å²) < 4.78 is 1.65. The molecule has 1 aromatic heterocycles. The Balaban J connectivity index is 1.89. The van der Waals surface area contributed by atoms with Crippen molar-refractivity contribution in [2.24, 2.45) is 11.3 Å². The zero-order chi connectivity index (χ0) is 17.5. The average Bonchev–Trinajstić information content (AvgIpc) is 2.76. The summed E-state index contributed by atoms with van der Waals surface area (Å²) >= 11 is 0. The highest BCUT2D eigenvalue weighted by molar-refractivity contribution is 6.05. The molecule has 1 aliphatic rings. The molecule has 1 heterocycles. The van der Waals surface area contributed by atoms with Crippen LogP contribution >= 0.6 is 0 Å². The minimum atomic E-state index is -0.225. The molecule has 130 valence electrons. The van der Waals surface area contributed by atoms with Gasteiger partial charge in [-0.3, -0.25) is 9.36 Å². The maximum absolute atomic E-state index is 12.6. The topological polar surface area (TPSA) is 87.1 Å². The maximum atomic E-state index is 12.6. The van der Waals surface area contributed by atoms with Crippen LogP contribution in [-0.2, 0) is 6.54 Å². The number of hydrogen-bond acceptors (Lipinski definition) is 3. The van der Waals surface area contributed by atoms with E-state index >= 15 is 0 Å². The summed E-state index contributed by atoms with van der Waals surface area (Å²) in [6, 6.07) is 5.34. The molecule has 1 saturated carbocycles. The second kappa shape index (κ2) is 6.09. The molecular formula is C18H25N3O3.